The second-order valence-corrected chi connectivity index (χ2v) is 4.45. The third-order valence-corrected chi connectivity index (χ3v) is 3.64. The molecule has 0 aromatic rings. The minimum atomic E-state index is -0.586. The van der Waals surface area contributed by atoms with E-state index in [1.165, 1.54) is 26.4 Å². The maximum absolute atomic E-state index is 7.84. The van der Waals surface area contributed by atoms with Gasteiger partial charge in [0.15, 0.2) is 5.60 Å². The molecule has 1 aliphatic heterocycles. The molecule has 1 heterocycles. The standard InChI is InChI=1S/C11H19NO3/c1-13-8-11(9(12)14-2)10(15-11)6-4-3-5-7-10/h12H,3-8H2,1-2H3. The molecule has 0 aromatic heterocycles. The van der Waals surface area contributed by atoms with Crippen LogP contribution in [-0.4, -0.2) is 37.9 Å². The molecule has 1 N–H and O–H groups in total. The Balaban J connectivity index is 2.13. The Kier molecular flexibility index (Phi) is 2.73. The molecular formula is C11H19NO3. The van der Waals surface area contributed by atoms with Gasteiger partial charge in [-0.25, -0.2) is 0 Å². The van der Waals surface area contributed by atoms with Gasteiger partial charge >= 0.3 is 0 Å². The van der Waals surface area contributed by atoms with Crippen LogP contribution in [0, 0.1) is 5.41 Å². The van der Waals surface area contributed by atoms with Crippen molar-refractivity contribution in [1.29, 1.82) is 5.41 Å². The van der Waals surface area contributed by atoms with Gasteiger partial charge in [0.2, 0.25) is 5.90 Å². The van der Waals surface area contributed by atoms with Crippen molar-refractivity contribution in [2.24, 2.45) is 0 Å². The van der Waals surface area contributed by atoms with Crippen molar-refractivity contribution in [2.75, 3.05) is 20.8 Å². The van der Waals surface area contributed by atoms with Crippen molar-refractivity contribution in [2.45, 2.75) is 43.3 Å². The van der Waals surface area contributed by atoms with Gasteiger partial charge in [-0.3, -0.25) is 5.41 Å². The van der Waals surface area contributed by atoms with Gasteiger partial charge in [-0.1, -0.05) is 19.3 Å². The highest BCUT2D eigenvalue weighted by Gasteiger charge is 2.73. The average molecular weight is 213 g/mol. The minimum absolute atomic E-state index is 0.158. The molecule has 1 spiro atoms. The second kappa shape index (κ2) is 3.76. The molecule has 1 unspecified atom stereocenters. The highest BCUT2D eigenvalue weighted by molar-refractivity contribution is 5.87. The highest BCUT2D eigenvalue weighted by Crippen LogP contribution is 2.57. The Morgan fingerprint density at radius 1 is 1.27 bits per heavy atom. The molecule has 0 aromatic carbocycles. The van der Waals surface area contributed by atoms with E-state index in [0.29, 0.717) is 6.61 Å². The monoisotopic (exact) mass is 213 g/mol. The van der Waals surface area contributed by atoms with E-state index in [1.54, 1.807) is 7.11 Å². The molecule has 0 radical (unpaired) electrons. The third kappa shape index (κ3) is 1.47. The van der Waals surface area contributed by atoms with Gasteiger partial charge in [0.25, 0.3) is 0 Å². The summed E-state index contributed by atoms with van der Waals surface area (Å²) in [5, 5.41) is 7.84. The highest BCUT2D eigenvalue weighted by atomic mass is 16.7. The van der Waals surface area contributed by atoms with Crippen molar-refractivity contribution in [3.63, 3.8) is 0 Å². The summed E-state index contributed by atoms with van der Waals surface area (Å²) in [5.41, 5.74) is -0.745. The lowest BCUT2D eigenvalue weighted by atomic mass is 9.80. The Bertz CT molecular complexity index is 261. The van der Waals surface area contributed by atoms with Crippen molar-refractivity contribution in [1.82, 2.24) is 0 Å². The molecule has 2 fully saturated rings. The quantitative estimate of drug-likeness (QED) is 0.441. The summed E-state index contributed by atoms with van der Waals surface area (Å²) >= 11 is 0. The van der Waals surface area contributed by atoms with Gasteiger partial charge in [-0.15, -0.1) is 0 Å². The summed E-state index contributed by atoms with van der Waals surface area (Å²) in [6, 6.07) is 0. The van der Waals surface area contributed by atoms with Crippen LogP contribution in [0.25, 0.3) is 0 Å². The van der Waals surface area contributed by atoms with Crippen LogP contribution >= 0.6 is 0 Å². The van der Waals surface area contributed by atoms with E-state index < -0.39 is 5.60 Å². The minimum Gasteiger partial charge on any atom is -0.482 e. The molecular weight excluding hydrogens is 194 g/mol. The first-order valence-electron chi connectivity index (χ1n) is 5.53. The molecule has 15 heavy (non-hydrogen) atoms. The lowest BCUT2D eigenvalue weighted by molar-refractivity contribution is 0.137. The Morgan fingerprint density at radius 3 is 2.47 bits per heavy atom. The Morgan fingerprint density at radius 2 is 1.93 bits per heavy atom. The zero-order chi connectivity index (χ0) is 10.9. The molecule has 2 aliphatic rings. The fourth-order valence-corrected chi connectivity index (χ4v) is 2.78. The number of epoxide rings is 1. The first-order chi connectivity index (χ1) is 7.21. The number of rotatable bonds is 3. The summed E-state index contributed by atoms with van der Waals surface area (Å²) in [6.07, 6.45) is 5.70. The van der Waals surface area contributed by atoms with Crippen LogP contribution in [-0.2, 0) is 14.2 Å². The average Bonchev–Trinajstić information content (AvgIpc) is 2.87. The SMILES string of the molecule is COCC1(C(=N)OC)OC12CCCCC2. The van der Waals surface area contributed by atoms with Gasteiger partial charge in [0.05, 0.1) is 13.7 Å². The van der Waals surface area contributed by atoms with Gasteiger partial charge < -0.3 is 14.2 Å². The predicted molar refractivity (Wildman–Crippen MR) is 56.2 cm³/mol. The largest absolute Gasteiger partial charge is 0.482 e. The van der Waals surface area contributed by atoms with Crippen LogP contribution < -0.4 is 0 Å². The van der Waals surface area contributed by atoms with Crippen LogP contribution in [0.1, 0.15) is 32.1 Å². The molecule has 0 amide bonds. The smallest absolute Gasteiger partial charge is 0.219 e. The number of ether oxygens (including phenoxy) is 3. The first-order valence-corrected chi connectivity index (χ1v) is 5.53. The number of nitrogens with one attached hydrogen (secondary N) is 1. The fourth-order valence-electron chi connectivity index (χ4n) is 2.78. The fraction of sp³-hybridized carbons (Fsp3) is 0.909. The molecule has 4 nitrogen and oxygen atoms in total. The molecule has 1 atom stereocenters. The lowest BCUT2D eigenvalue weighted by Crippen LogP contribution is -2.40. The maximum Gasteiger partial charge on any atom is 0.219 e. The molecule has 1 saturated heterocycles. The van der Waals surface area contributed by atoms with E-state index in [9.17, 15) is 0 Å². The summed E-state index contributed by atoms with van der Waals surface area (Å²) in [4.78, 5) is 0. The second-order valence-electron chi connectivity index (χ2n) is 4.45. The normalized spacial score (nSPS) is 32.7. The van der Waals surface area contributed by atoms with Gasteiger partial charge in [-0.2, -0.15) is 0 Å². The van der Waals surface area contributed by atoms with Crippen LogP contribution in [0.5, 0.6) is 0 Å². The number of hydrogen-bond donors (Lipinski definition) is 1. The van der Waals surface area contributed by atoms with Crippen LogP contribution in [0.4, 0.5) is 0 Å². The number of hydrogen-bond acceptors (Lipinski definition) is 4. The van der Waals surface area contributed by atoms with E-state index in [0.717, 1.165) is 12.8 Å². The van der Waals surface area contributed by atoms with E-state index in [4.69, 9.17) is 19.6 Å². The topological polar surface area (TPSA) is 54.8 Å². The van der Waals surface area contributed by atoms with Crippen LogP contribution in [0.15, 0.2) is 0 Å². The maximum atomic E-state index is 7.84. The molecule has 1 aliphatic carbocycles. The van der Waals surface area contributed by atoms with Crippen molar-refractivity contribution >= 4 is 5.90 Å². The number of methoxy groups -OCH3 is 2. The van der Waals surface area contributed by atoms with Gasteiger partial charge in [0, 0.05) is 7.11 Å². The first kappa shape index (κ1) is 10.9. The summed E-state index contributed by atoms with van der Waals surface area (Å²) in [6.45, 7) is 0.430. The summed E-state index contributed by atoms with van der Waals surface area (Å²) in [7, 11) is 3.17. The van der Waals surface area contributed by atoms with E-state index in [2.05, 4.69) is 0 Å². The molecule has 86 valence electrons. The Hall–Kier alpha value is -0.610. The van der Waals surface area contributed by atoms with E-state index in [-0.39, 0.29) is 11.5 Å². The molecule has 4 heteroatoms. The van der Waals surface area contributed by atoms with Gasteiger partial charge in [0.1, 0.15) is 5.60 Å². The summed E-state index contributed by atoms with van der Waals surface area (Å²) in [5.74, 6) is 0.214. The predicted octanol–water partition coefficient (Wildman–Crippen LogP) is 1.73. The lowest BCUT2D eigenvalue weighted by Gasteiger charge is -2.23. The van der Waals surface area contributed by atoms with Crippen LogP contribution in [0.2, 0.25) is 0 Å². The van der Waals surface area contributed by atoms with Crippen LogP contribution in [0.3, 0.4) is 0 Å². The van der Waals surface area contributed by atoms with E-state index >= 15 is 0 Å². The molecule has 1 saturated carbocycles. The van der Waals surface area contributed by atoms with Gasteiger partial charge in [-0.05, 0) is 12.8 Å². The molecule has 0 bridgehead atoms. The Labute approximate surface area is 90.4 Å². The summed E-state index contributed by atoms with van der Waals surface area (Å²) < 4.78 is 16.1. The zero-order valence-corrected chi connectivity index (χ0v) is 9.47. The zero-order valence-electron chi connectivity index (χ0n) is 9.47. The molecule has 2 rings (SSSR count). The van der Waals surface area contributed by atoms with Crippen molar-refractivity contribution in [3.8, 4) is 0 Å². The third-order valence-electron chi connectivity index (χ3n) is 3.64. The van der Waals surface area contributed by atoms with Crippen molar-refractivity contribution < 1.29 is 14.2 Å². The van der Waals surface area contributed by atoms with E-state index in [1.807, 2.05) is 0 Å². The van der Waals surface area contributed by atoms with Crippen molar-refractivity contribution in [3.05, 3.63) is 0 Å².